The predicted octanol–water partition coefficient (Wildman–Crippen LogP) is 6.93. The molecule has 34 heavy (non-hydrogen) atoms. The second-order valence-corrected chi connectivity index (χ2v) is 9.98. The normalized spacial score (nSPS) is 14.9. The number of hydrogen-bond donors (Lipinski definition) is 0. The van der Waals surface area contributed by atoms with Crippen molar-refractivity contribution in [2.24, 2.45) is 0 Å². The van der Waals surface area contributed by atoms with Crippen molar-refractivity contribution in [1.29, 1.82) is 5.26 Å². The summed E-state index contributed by atoms with van der Waals surface area (Å²) in [5.74, 6) is -0.164. The molecule has 5 rings (SSSR count). The van der Waals surface area contributed by atoms with Crippen LogP contribution < -0.4 is 4.90 Å². The summed E-state index contributed by atoms with van der Waals surface area (Å²) in [6.07, 6.45) is 1.92. The van der Waals surface area contributed by atoms with Crippen LogP contribution in [0.25, 0.3) is 17.0 Å². The number of amides is 1. The number of thioether (sulfide) groups is 1. The number of nitriles is 1. The smallest absolute Gasteiger partial charge is 0.270 e. The Labute approximate surface area is 212 Å². The van der Waals surface area contributed by atoms with Crippen molar-refractivity contribution in [3.63, 3.8) is 0 Å². The summed E-state index contributed by atoms with van der Waals surface area (Å²) < 4.78 is 2.66. The lowest BCUT2D eigenvalue weighted by Crippen LogP contribution is -2.27. The van der Waals surface area contributed by atoms with E-state index < -0.39 is 0 Å². The van der Waals surface area contributed by atoms with Crippen LogP contribution in [0.4, 0.5) is 5.69 Å². The number of aromatic nitrogens is 1. The molecule has 0 spiro atoms. The van der Waals surface area contributed by atoms with Gasteiger partial charge in [0.25, 0.3) is 5.91 Å². The minimum atomic E-state index is -0.164. The maximum Gasteiger partial charge on any atom is 0.270 e. The first-order valence-corrected chi connectivity index (χ1v) is 12.2. The standard InChI is InChI=1S/C27H18ClN3OS2/c1-17-23(14-25-26(32)31(27(33)34-25)21-10-6-9-20(28)13-21)22-11-4-5-12-24(22)30(17)16-19-8-3-2-7-18(19)15-29/h2-14H,16H2,1H3/b25-14+. The fourth-order valence-corrected chi connectivity index (χ4v) is 5.68. The molecule has 1 aliphatic heterocycles. The van der Waals surface area contributed by atoms with E-state index in [1.807, 2.05) is 55.5 Å². The molecule has 0 radical (unpaired) electrons. The van der Waals surface area contributed by atoms with E-state index in [0.717, 1.165) is 27.7 Å². The van der Waals surface area contributed by atoms with Crippen LogP contribution in [-0.4, -0.2) is 14.8 Å². The third kappa shape index (κ3) is 3.92. The number of anilines is 1. The average molecular weight is 500 g/mol. The molecule has 4 nitrogen and oxygen atoms in total. The van der Waals surface area contributed by atoms with Gasteiger partial charge in [-0.05, 0) is 48.9 Å². The van der Waals surface area contributed by atoms with Crippen molar-refractivity contribution in [1.82, 2.24) is 4.57 Å². The molecule has 0 unspecified atom stereocenters. The molecule has 2 heterocycles. The van der Waals surface area contributed by atoms with Crippen LogP contribution in [0, 0.1) is 18.3 Å². The van der Waals surface area contributed by atoms with Crippen molar-refractivity contribution in [3.05, 3.63) is 105 Å². The Morgan fingerprint density at radius 1 is 1.09 bits per heavy atom. The molecule has 1 saturated heterocycles. The van der Waals surface area contributed by atoms with Gasteiger partial charge in [-0.15, -0.1) is 0 Å². The van der Waals surface area contributed by atoms with Gasteiger partial charge >= 0.3 is 0 Å². The molecule has 3 aromatic carbocycles. The van der Waals surface area contributed by atoms with Crippen molar-refractivity contribution in [3.8, 4) is 6.07 Å². The Kier molecular flexibility index (Phi) is 6.01. The quantitative estimate of drug-likeness (QED) is 0.225. The lowest BCUT2D eigenvalue weighted by atomic mass is 10.1. The van der Waals surface area contributed by atoms with Gasteiger partial charge in [0.15, 0.2) is 4.32 Å². The molecule has 1 aromatic heterocycles. The van der Waals surface area contributed by atoms with E-state index in [1.54, 1.807) is 18.2 Å². The zero-order valence-electron chi connectivity index (χ0n) is 18.2. The van der Waals surface area contributed by atoms with Crippen molar-refractivity contribution in [2.75, 3.05) is 4.90 Å². The molecule has 4 aromatic rings. The van der Waals surface area contributed by atoms with Crippen LogP contribution in [0.15, 0.2) is 77.7 Å². The van der Waals surface area contributed by atoms with Gasteiger partial charge in [0.1, 0.15) is 0 Å². The van der Waals surface area contributed by atoms with Crippen molar-refractivity contribution in [2.45, 2.75) is 13.5 Å². The number of para-hydroxylation sites is 1. The molecule has 1 fully saturated rings. The second kappa shape index (κ2) is 9.11. The monoisotopic (exact) mass is 499 g/mol. The summed E-state index contributed by atoms with van der Waals surface area (Å²) in [5.41, 5.74) is 5.30. The van der Waals surface area contributed by atoms with E-state index in [9.17, 15) is 10.1 Å². The number of rotatable bonds is 4. The molecule has 1 aliphatic rings. The number of nitrogens with zero attached hydrogens (tertiary/aromatic N) is 3. The first-order valence-electron chi connectivity index (χ1n) is 10.6. The number of halogens is 1. The van der Waals surface area contributed by atoms with E-state index in [0.29, 0.717) is 32.0 Å². The number of fused-ring (bicyclic) bond motifs is 1. The third-order valence-corrected chi connectivity index (χ3v) is 7.42. The second-order valence-electron chi connectivity index (χ2n) is 7.87. The fourth-order valence-electron chi connectivity index (χ4n) is 4.22. The summed E-state index contributed by atoms with van der Waals surface area (Å²) in [4.78, 5) is 15.4. The summed E-state index contributed by atoms with van der Waals surface area (Å²) in [6.45, 7) is 2.60. The number of thiocarbonyl (C=S) groups is 1. The van der Waals surface area contributed by atoms with E-state index in [-0.39, 0.29) is 5.91 Å². The molecule has 166 valence electrons. The fraction of sp³-hybridized carbons (Fsp3) is 0.0741. The van der Waals surface area contributed by atoms with Crippen molar-refractivity contribution < 1.29 is 4.79 Å². The Balaban J connectivity index is 1.59. The summed E-state index contributed by atoms with van der Waals surface area (Å²) >= 11 is 13.0. The van der Waals surface area contributed by atoms with Crippen LogP contribution in [-0.2, 0) is 11.3 Å². The molecule has 0 aliphatic carbocycles. The zero-order valence-corrected chi connectivity index (χ0v) is 20.5. The Morgan fingerprint density at radius 3 is 2.65 bits per heavy atom. The Bertz CT molecular complexity index is 1550. The summed E-state index contributed by atoms with van der Waals surface area (Å²) in [5, 5.41) is 11.1. The summed E-state index contributed by atoms with van der Waals surface area (Å²) in [7, 11) is 0. The van der Waals surface area contributed by atoms with Crippen LogP contribution >= 0.6 is 35.6 Å². The molecule has 0 atom stereocenters. The first-order chi connectivity index (χ1) is 16.5. The van der Waals surface area contributed by atoms with Gasteiger partial charge in [0.2, 0.25) is 0 Å². The van der Waals surface area contributed by atoms with E-state index in [2.05, 4.69) is 22.8 Å². The van der Waals surface area contributed by atoms with Crippen LogP contribution in [0.3, 0.4) is 0 Å². The van der Waals surface area contributed by atoms with Gasteiger partial charge in [0, 0.05) is 33.7 Å². The Morgan fingerprint density at radius 2 is 1.85 bits per heavy atom. The predicted molar refractivity (Wildman–Crippen MR) is 144 cm³/mol. The lowest BCUT2D eigenvalue weighted by molar-refractivity contribution is -0.113. The van der Waals surface area contributed by atoms with Gasteiger partial charge < -0.3 is 4.57 Å². The highest BCUT2D eigenvalue weighted by Crippen LogP contribution is 2.38. The van der Waals surface area contributed by atoms with Gasteiger partial charge in [-0.3, -0.25) is 9.69 Å². The topological polar surface area (TPSA) is 49.0 Å². The van der Waals surface area contributed by atoms with E-state index in [1.165, 1.54) is 16.7 Å². The number of carbonyl (C=O) groups excluding carboxylic acids is 1. The van der Waals surface area contributed by atoms with Crippen LogP contribution in [0.2, 0.25) is 5.02 Å². The number of hydrogen-bond acceptors (Lipinski definition) is 4. The van der Waals surface area contributed by atoms with Crippen LogP contribution in [0.5, 0.6) is 0 Å². The number of benzene rings is 3. The molecule has 0 N–H and O–H groups in total. The maximum atomic E-state index is 13.3. The van der Waals surface area contributed by atoms with Crippen LogP contribution in [0.1, 0.15) is 22.4 Å². The summed E-state index contributed by atoms with van der Waals surface area (Å²) in [6, 6.07) is 25.1. The lowest BCUT2D eigenvalue weighted by Gasteiger charge is -2.14. The highest BCUT2D eigenvalue weighted by Gasteiger charge is 2.34. The molecular weight excluding hydrogens is 482 g/mol. The van der Waals surface area contributed by atoms with Gasteiger partial charge in [0.05, 0.1) is 22.2 Å². The van der Waals surface area contributed by atoms with Gasteiger partial charge in [-0.25, -0.2) is 0 Å². The zero-order chi connectivity index (χ0) is 23.8. The highest BCUT2D eigenvalue weighted by atomic mass is 35.5. The first kappa shape index (κ1) is 22.4. The minimum absolute atomic E-state index is 0.164. The molecule has 1 amide bonds. The van der Waals surface area contributed by atoms with Gasteiger partial charge in [-0.1, -0.05) is 78.0 Å². The van der Waals surface area contributed by atoms with Crippen molar-refractivity contribution >= 4 is 68.5 Å². The maximum absolute atomic E-state index is 13.3. The van der Waals surface area contributed by atoms with Gasteiger partial charge in [-0.2, -0.15) is 5.26 Å². The Hall–Kier alpha value is -3.37. The molecule has 0 bridgehead atoms. The molecular formula is C27H18ClN3OS2. The third-order valence-electron chi connectivity index (χ3n) is 5.88. The molecule has 7 heteroatoms. The van der Waals surface area contributed by atoms with E-state index in [4.69, 9.17) is 23.8 Å². The highest BCUT2D eigenvalue weighted by molar-refractivity contribution is 8.27. The number of carbonyl (C=O) groups is 1. The SMILES string of the molecule is Cc1c(/C=C2/SC(=S)N(c3cccc(Cl)c3)C2=O)c2ccccc2n1Cc1ccccc1C#N. The van der Waals surface area contributed by atoms with E-state index >= 15 is 0 Å². The average Bonchev–Trinajstić information content (AvgIpc) is 3.27. The largest absolute Gasteiger partial charge is 0.340 e. The minimum Gasteiger partial charge on any atom is -0.340 e. The molecule has 0 saturated carbocycles.